The normalized spacial score (nSPS) is 10.8. The van der Waals surface area contributed by atoms with Gasteiger partial charge in [-0.3, -0.25) is 4.98 Å². The summed E-state index contributed by atoms with van der Waals surface area (Å²) >= 11 is 0. The Bertz CT molecular complexity index is 627. The van der Waals surface area contributed by atoms with Crippen molar-refractivity contribution >= 4 is 11.4 Å². The van der Waals surface area contributed by atoms with Crippen LogP contribution in [0.25, 0.3) is 0 Å². The molecule has 0 saturated heterocycles. The van der Waals surface area contributed by atoms with E-state index < -0.39 is 0 Å². The van der Waals surface area contributed by atoms with E-state index in [-0.39, 0.29) is 5.41 Å². The van der Waals surface area contributed by atoms with Crippen molar-refractivity contribution in [3.05, 3.63) is 53.9 Å². The number of rotatable bonds is 4. The quantitative estimate of drug-likeness (QED) is 0.834. The first-order valence-electron chi connectivity index (χ1n) is 6.48. The van der Waals surface area contributed by atoms with Gasteiger partial charge in [0.25, 0.3) is 0 Å². The zero-order valence-corrected chi connectivity index (χ0v) is 11.7. The van der Waals surface area contributed by atoms with E-state index in [2.05, 4.69) is 30.2 Å². The van der Waals surface area contributed by atoms with E-state index in [9.17, 15) is 0 Å². The minimum atomic E-state index is -0.110. The van der Waals surface area contributed by atoms with E-state index >= 15 is 0 Å². The molecule has 1 heterocycles. The number of aromatic nitrogens is 1. The van der Waals surface area contributed by atoms with Crippen LogP contribution in [0.5, 0.6) is 0 Å². The third-order valence-corrected chi connectivity index (χ3v) is 3.26. The summed E-state index contributed by atoms with van der Waals surface area (Å²) in [7, 11) is 0. The van der Waals surface area contributed by atoms with Gasteiger partial charge in [0.1, 0.15) is 0 Å². The topological polar surface area (TPSA) is 74.7 Å². The highest BCUT2D eigenvalue weighted by Gasteiger charge is 2.21. The minimum absolute atomic E-state index is 0.110. The summed E-state index contributed by atoms with van der Waals surface area (Å²) in [6.07, 6.45) is 1.80. The van der Waals surface area contributed by atoms with Crippen molar-refractivity contribution in [3.63, 3.8) is 0 Å². The van der Waals surface area contributed by atoms with Crippen LogP contribution in [-0.2, 0) is 5.41 Å². The Labute approximate surface area is 119 Å². The van der Waals surface area contributed by atoms with Crippen molar-refractivity contribution in [1.82, 2.24) is 4.98 Å². The van der Waals surface area contributed by atoms with Crippen molar-refractivity contribution in [2.45, 2.75) is 19.3 Å². The molecule has 2 aromatic rings. The van der Waals surface area contributed by atoms with Gasteiger partial charge in [-0.1, -0.05) is 19.9 Å². The van der Waals surface area contributed by atoms with Crippen LogP contribution in [0.1, 0.15) is 25.1 Å². The second-order valence-corrected chi connectivity index (χ2v) is 5.37. The van der Waals surface area contributed by atoms with Gasteiger partial charge in [0.2, 0.25) is 0 Å². The van der Waals surface area contributed by atoms with Crippen LogP contribution in [0.2, 0.25) is 0 Å². The molecule has 0 aliphatic heterocycles. The Hall–Kier alpha value is -2.54. The first-order valence-corrected chi connectivity index (χ1v) is 6.48. The maximum atomic E-state index is 8.83. The zero-order chi connectivity index (χ0) is 14.6. The lowest BCUT2D eigenvalue weighted by Crippen LogP contribution is -2.28. The first kappa shape index (κ1) is 13.9. The van der Waals surface area contributed by atoms with Crippen LogP contribution in [0.3, 0.4) is 0 Å². The fourth-order valence-corrected chi connectivity index (χ4v) is 1.96. The Balaban J connectivity index is 2.11. The molecule has 0 aliphatic rings. The van der Waals surface area contributed by atoms with E-state index in [0.29, 0.717) is 17.8 Å². The number of hydrogen-bond donors (Lipinski definition) is 2. The van der Waals surface area contributed by atoms with Gasteiger partial charge in [-0.25, -0.2) is 0 Å². The molecule has 1 aromatic carbocycles. The number of pyridine rings is 1. The molecule has 2 rings (SSSR count). The van der Waals surface area contributed by atoms with Crippen molar-refractivity contribution in [2.24, 2.45) is 0 Å². The van der Waals surface area contributed by atoms with Crippen LogP contribution in [-0.4, -0.2) is 11.5 Å². The van der Waals surface area contributed by atoms with Gasteiger partial charge >= 0.3 is 0 Å². The molecule has 0 saturated carbocycles. The molecule has 0 aliphatic carbocycles. The van der Waals surface area contributed by atoms with Gasteiger partial charge in [0.15, 0.2) is 0 Å². The van der Waals surface area contributed by atoms with Gasteiger partial charge in [-0.15, -0.1) is 0 Å². The van der Waals surface area contributed by atoms with Crippen LogP contribution < -0.4 is 11.1 Å². The van der Waals surface area contributed by atoms with E-state index in [0.717, 1.165) is 11.4 Å². The molecule has 0 spiro atoms. The summed E-state index contributed by atoms with van der Waals surface area (Å²) in [6.45, 7) is 4.96. The highest BCUT2D eigenvalue weighted by Crippen LogP contribution is 2.24. The van der Waals surface area contributed by atoms with Gasteiger partial charge in [-0.2, -0.15) is 5.26 Å². The highest BCUT2D eigenvalue weighted by molar-refractivity contribution is 5.68. The van der Waals surface area contributed by atoms with Crippen LogP contribution in [0.4, 0.5) is 11.4 Å². The van der Waals surface area contributed by atoms with E-state index in [4.69, 9.17) is 11.0 Å². The summed E-state index contributed by atoms with van der Waals surface area (Å²) < 4.78 is 0. The number of nitriles is 1. The van der Waals surface area contributed by atoms with E-state index in [1.54, 1.807) is 18.3 Å². The fraction of sp³-hybridized carbons (Fsp3) is 0.250. The number of hydrogen-bond acceptors (Lipinski definition) is 4. The van der Waals surface area contributed by atoms with Gasteiger partial charge in [0, 0.05) is 23.9 Å². The van der Waals surface area contributed by atoms with Crippen LogP contribution >= 0.6 is 0 Å². The molecule has 3 N–H and O–H groups in total. The van der Waals surface area contributed by atoms with Crippen molar-refractivity contribution in [2.75, 3.05) is 17.6 Å². The molecular formula is C16H18N4. The zero-order valence-electron chi connectivity index (χ0n) is 11.7. The van der Waals surface area contributed by atoms with Gasteiger partial charge in [0.05, 0.1) is 23.0 Å². The summed E-state index contributed by atoms with van der Waals surface area (Å²) in [5.74, 6) is 0. The monoisotopic (exact) mass is 266 g/mol. The lowest BCUT2D eigenvalue weighted by atomic mass is 9.88. The molecule has 20 heavy (non-hydrogen) atoms. The van der Waals surface area contributed by atoms with Crippen LogP contribution in [0.15, 0.2) is 42.6 Å². The molecule has 1 aromatic heterocycles. The van der Waals surface area contributed by atoms with Crippen LogP contribution in [0, 0.1) is 11.3 Å². The Morgan fingerprint density at radius 3 is 2.70 bits per heavy atom. The molecule has 0 unspecified atom stereocenters. The van der Waals surface area contributed by atoms with Crippen molar-refractivity contribution in [1.29, 1.82) is 5.26 Å². The largest absolute Gasteiger partial charge is 0.397 e. The average Bonchev–Trinajstić information content (AvgIpc) is 2.47. The molecule has 0 fully saturated rings. The second kappa shape index (κ2) is 5.62. The lowest BCUT2D eigenvalue weighted by Gasteiger charge is -2.25. The maximum Gasteiger partial charge on any atom is 0.0992 e. The summed E-state index contributed by atoms with van der Waals surface area (Å²) in [6, 6.07) is 13.3. The van der Waals surface area contributed by atoms with Crippen molar-refractivity contribution in [3.8, 4) is 6.07 Å². The van der Waals surface area contributed by atoms with Gasteiger partial charge < -0.3 is 11.1 Å². The standard InChI is InChI=1S/C16H18N4/c1-16(2,15-5-3-4-8-19-15)11-20-14-7-6-12(10-17)9-13(14)18/h3-9,20H,11,18H2,1-2H3. The molecule has 0 amide bonds. The predicted molar refractivity (Wildman–Crippen MR) is 81.3 cm³/mol. The number of nitrogens with zero attached hydrogens (tertiary/aromatic N) is 2. The van der Waals surface area contributed by atoms with Gasteiger partial charge in [-0.05, 0) is 30.3 Å². The highest BCUT2D eigenvalue weighted by atomic mass is 14.9. The number of nitrogen functional groups attached to an aromatic ring is 1. The Morgan fingerprint density at radius 2 is 2.10 bits per heavy atom. The SMILES string of the molecule is CC(C)(CNc1ccc(C#N)cc1N)c1ccccn1. The molecule has 4 nitrogen and oxygen atoms in total. The Morgan fingerprint density at radius 1 is 1.30 bits per heavy atom. The lowest BCUT2D eigenvalue weighted by molar-refractivity contribution is 0.538. The molecular weight excluding hydrogens is 248 g/mol. The predicted octanol–water partition coefficient (Wildman–Crippen LogP) is 2.93. The second-order valence-electron chi connectivity index (χ2n) is 5.37. The molecule has 0 radical (unpaired) electrons. The summed E-state index contributed by atoms with van der Waals surface area (Å²) in [5, 5.41) is 12.2. The summed E-state index contributed by atoms with van der Waals surface area (Å²) in [4.78, 5) is 4.40. The number of nitrogens with two attached hydrogens (primary N) is 1. The number of anilines is 2. The minimum Gasteiger partial charge on any atom is -0.397 e. The maximum absolute atomic E-state index is 8.83. The molecule has 0 atom stereocenters. The third-order valence-electron chi connectivity index (χ3n) is 3.26. The molecule has 102 valence electrons. The van der Waals surface area contributed by atoms with E-state index in [1.165, 1.54) is 0 Å². The smallest absolute Gasteiger partial charge is 0.0992 e. The average molecular weight is 266 g/mol. The van der Waals surface area contributed by atoms with E-state index in [1.807, 2.05) is 24.3 Å². The summed E-state index contributed by atoms with van der Waals surface area (Å²) in [5.41, 5.74) is 8.85. The fourth-order valence-electron chi connectivity index (χ4n) is 1.96. The van der Waals surface area contributed by atoms with Crippen molar-refractivity contribution < 1.29 is 0 Å². The molecule has 4 heteroatoms. The Kier molecular flexibility index (Phi) is 3.90. The number of benzene rings is 1. The third kappa shape index (κ3) is 3.07. The molecule has 0 bridgehead atoms. The first-order chi connectivity index (χ1) is 9.53. The number of nitrogens with one attached hydrogen (secondary N) is 1.